The molecule has 6 nitrogen and oxygen atoms in total. The molecule has 1 aromatic heterocycles. The minimum absolute atomic E-state index is 0.0473. The van der Waals surface area contributed by atoms with Crippen LogP contribution < -0.4 is 5.73 Å². The monoisotopic (exact) mass is 441 g/mol. The molecule has 1 unspecified atom stereocenters. The van der Waals surface area contributed by atoms with Crippen LogP contribution >= 0.6 is 11.6 Å². The highest BCUT2D eigenvalue weighted by molar-refractivity contribution is 6.31. The Morgan fingerprint density at radius 2 is 1.93 bits per heavy atom. The maximum atomic E-state index is 13.6. The number of pyridine rings is 1. The van der Waals surface area contributed by atoms with Crippen LogP contribution in [0.2, 0.25) is 5.02 Å². The van der Waals surface area contributed by atoms with E-state index in [2.05, 4.69) is 4.98 Å². The van der Waals surface area contributed by atoms with Gasteiger partial charge in [-0.2, -0.15) is 13.2 Å². The van der Waals surface area contributed by atoms with Gasteiger partial charge in [-0.1, -0.05) is 11.6 Å². The molecule has 2 atom stereocenters. The predicted octanol–water partition coefficient (Wildman–Crippen LogP) is 3.93. The molecule has 0 spiro atoms. The van der Waals surface area contributed by atoms with E-state index in [9.17, 15) is 31.5 Å². The molecule has 2 heterocycles. The van der Waals surface area contributed by atoms with E-state index in [-0.39, 0.29) is 25.1 Å². The maximum Gasteiger partial charge on any atom is 0.434 e. The van der Waals surface area contributed by atoms with Gasteiger partial charge in [0.25, 0.3) is 5.91 Å². The minimum atomic E-state index is -4.85. The van der Waals surface area contributed by atoms with Gasteiger partial charge in [0.1, 0.15) is 0 Å². The Morgan fingerprint density at radius 3 is 2.45 bits per heavy atom. The van der Waals surface area contributed by atoms with E-state index < -0.39 is 65.7 Å². The quantitative estimate of drug-likeness (QED) is 0.717. The molecule has 29 heavy (non-hydrogen) atoms. The highest BCUT2D eigenvalue weighted by atomic mass is 35.5. The highest BCUT2D eigenvalue weighted by Crippen LogP contribution is 2.45. The van der Waals surface area contributed by atoms with Crippen molar-refractivity contribution in [3.63, 3.8) is 0 Å². The zero-order valence-electron chi connectivity index (χ0n) is 14.9. The van der Waals surface area contributed by atoms with Crippen molar-refractivity contribution in [2.75, 3.05) is 6.54 Å². The van der Waals surface area contributed by atoms with Crippen LogP contribution in [0, 0.1) is 5.92 Å². The molecule has 0 aromatic carbocycles. The molecule has 1 saturated heterocycles. The summed E-state index contributed by atoms with van der Waals surface area (Å²) in [4.78, 5) is 28.3. The number of hydrogen-bond donors (Lipinski definition) is 1. The Labute approximate surface area is 167 Å². The van der Waals surface area contributed by atoms with Crippen LogP contribution in [-0.2, 0) is 15.7 Å². The molecular formula is C17H17ClF5N3O3. The highest BCUT2D eigenvalue weighted by Gasteiger charge is 2.46. The smallest absolute Gasteiger partial charge is 0.434 e. The Kier molecular flexibility index (Phi) is 5.63. The zero-order chi connectivity index (χ0) is 21.6. The summed E-state index contributed by atoms with van der Waals surface area (Å²) in [6.07, 6.45) is -8.15. The summed E-state index contributed by atoms with van der Waals surface area (Å²) in [5.41, 5.74) is 3.64. The topological polar surface area (TPSA) is 85.5 Å². The summed E-state index contributed by atoms with van der Waals surface area (Å²) < 4.78 is 71.8. The van der Waals surface area contributed by atoms with Crippen molar-refractivity contribution in [3.05, 3.63) is 28.5 Å². The number of primary amides is 1. The van der Waals surface area contributed by atoms with Gasteiger partial charge in [-0.25, -0.2) is 18.6 Å². The fraction of sp³-hybridized carbons (Fsp3) is 0.588. The van der Waals surface area contributed by atoms with Crippen molar-refractivity contribution in [1.82, 2.24) is 9.88 Å². The van der Waals surface area contributed by atoms with Gasteiger partial charge in [0.05, 0.1) is 23.3 Å². The largest absolute Gasteiger partial charge is 0.434 e. The first-order chi connectivity index (χ1) is 13.4. The zero-order valence-corrected chi connectivity index (χ0v) is 15.6. The predicted molar refractivity (Wildman–Crippen MR) is 90.1 cm³/mol. The second kappa shape index (κ2) is 7.58. The van der Waals surface area contributed by atoms with E-state index in [1.54, 1.807) is 0 Å². The number of nitrogens with zero attached hydrogens (tertiary/aromatic N) is 2. The number of ether oxygens (including phenoxy) is 1. The molecule has 2 fully saturated rings. The molecule has 160 valence electrons. The second-order valence-corrected chi connectivity index (χ2v) is 7.54. The van der Waals surface area contributed by atoms with Crippen LogP contribution in [0.25, 0.3) is 0 Å². The Bertz CT molecular complexity index is 810. The van der Waals surface area contributed by atoms with E-state index in [1.807, 2.05) is 0 Å². The third-order valence-corrected chi connectivity index (χ3v) is 5.45. The first-order valence-corrected chi connectivity index (χ1v) is 9.15. The van der Waals surface area contributed by atoms with E-state index >= 15 is 0 Å². The lowest BCUT2D eigenvalue weighted by molar-refractivity contribution is -0.141. The molecule has 1 aliphatic carbocycles. The van der Waals surface area contributed by atoms with Crippen molar-refractivity contribution in [1.29, 1.82) is 0 Å². The average Bonchev–Trinajstić information content (AvgIpc) is 2.99. The Morgan fingerprint density at radius 1 is 1.31 bits per heavy atom. The van der Waals surface area contributed by atoms with Crippen molar-refractivity contribution in [3.8, 4) is 0 Å². The number of cyclic esters (lactones) is 1. The SMILES string of the molecule is NC(=O)C1CN([C@H](c2ccc(Cl)c(C(F)(F)F)n2)C2CCC(F)(F)CC2)C(=O)O1. The van der Waals surface area contributed by atoms with Gasteiger partial charge in [-0.3, -0.25) is 9.69 Å². The molecule has 0 radical (unpaired) electrons. The van der Waals surface area contributed by atoms with E-state index in [1.165, 1.54) is 6.07 Å². The van der Waals surface area contributed by atoms with E-state index in [0.29, 0.717) is 0 Å². The number of alkyl halides is 5. The van der Waals surface area contributed by atoms with Crippen molar-refractivity contribution >= 4 is 23.6 Å². The van der Waals surface area contributed by atoms with Gasteiger partial charge in [-0.15, -0.1) is 0 Å². The van der Waals surface area contributed by atoms with Gasteiger partial charge in [0, 0.05) is 12.8 Å². The lowest BCUT2D eigenvalue weighted by Gasteiger charge is -2.37. The number of carbonyl (C=O) groups is 2. The summed E-state index contributed by atoms with van der Waals surface area (Å²) >= 11 is 5.61. The Hall–Kier alpha value is -2.17. The van der Waals surface area contributed by atoms with Crippen LogP contribution in [0.5, 0.6) is 0 Å². The van der Waals surface area contributed by atoms with Crippen LogP contribution in [-0.4, -0.2) is 40.5 Å². The number of carbonyl (C=O) groups excluding carboxylic acids is 2. The fourth-order valence-electron chi connectivity index (χ4n) is 3.71. The molecule has 1 saturated carbocycles. The van der Waals surface area contributed by atoms with Gasteiger partial charge >= 0.3 is 12.3 Å². The lowest BCUT2D eigenvalue weighted by Crippen LogP contribution is -2.40. The fourth-order valence-corrected chi connectivity index (χ4v) is 3.92. The Balaban J connectivity index is 2.00. The summed E-state index contributed by atoms with van der Waals surface area (Å²) in [5.74, 6) is -4.41. The van der Waals surface area contributed by atoms with Crippen LogP contribution in [0.3, 0.4) is 0 Å². The first-order valence-electron chi connectivity index (χ1n) is 8.77. The molecule has 1 aliphatic heterocycles. The number of hydrogen-bond acceptors (Lipinski definition) is 4. The van der Waals surface area contributed by atoms with E-state index in [4.69, 9.17) is 22.1 Å². The number of rotatable bonds is 4. The number of nitrogens with two attached hydrogens (primary N) is 1. The van der Waals surface area contributed by atoms with Crippen LogP contribution in [0.15, 0.2) is 12.1 Å². The van der Waals surface area contributed by atoms with Gasteiger partial charge in [-0.05, 0) is 30.9 Å². The average molecular weight is 442 g/mol. The molecule has 1 aromatic rings. The van der Waals surface area contributed by atoms with Crippen LogP contribution in [0.1, 0.15) is 43.1 Å². The minimum Gasteiger partial charge on any atom is -0.434 e. The number of aromatic nitrogens is 1. The van der Waals surface area contributed by atoms with Crippen molar-refractivity contribution < 1.29 is 36.3 Å². The summed E-state index contributed by atoms with van der Waals surface area (Å²) in [5, 5.41) is -0.630. The van der Waals surface area contributed by atoms with Gasteiger partial charge < -0.3 is 10.5 Å². The van der Waals surface area contributed by atoms with E-state index in [0.717, 1.165) is 11.0 Å². The van der Waals surface area contributed by atoms with Gasteiger partial charge in [0.2, 0.25) is 5.92 Å². The van der Waals surface area contributed by atoms with Crippen molar-refractivity contribution in [2.45, 2.75) is 49.9 Å². The molecule has 2 N–H and O–H groups in total. The standard InChI is InChI=1S/C17H17ClF5N3O3/c18-9-1-2-10(25-13(9)17(21,22)23)12(8-3-5-16(19,20)6-4-8)26-7-11(14(24)27)29-15(26)28/h1-2,8,11-12H,3-7H2,(H2,24,27)/t11?,12-/m0/s1. The number of halogens is 6. The normalized spacial score (nSPS) is 23.7. The van der Waals surface area contributed by atoms with Crippen molar-refractivity contribution in [2.24, 2.45) is 11.7 Å². The molecule has 0 bridgehead atoms. The third kappa shape index (κ3) is 4.54. The maximum absolute atomic E-state index is 13.6. The third-order valence-electron chi connectivity index (χ3n) is 5.14. The van der Waals surface area contributed by atoms with Crippen LogP contribution in [0.4, 0.5) is 26.7 Å². The number of amides is 2. The molecule has 12 heteroatoms. The lowest BCUT2D eigenvalue weighted by atomic mass is 9.80. The molecule has 2 amide bonds. The van der Waals surface area contributed by atoms with Gasteiger partial charge in [0.15, 0.2) is 11.8 Å². The second-order valence-electron chi connectivity index (χ2n) is 7.13. The first kappa shape index (κ1) is 21.5. The molecular weight excluding hydrogens is 425 g/mol. The summed E-state index contributed by atoms with van der Waals surface area (Å²) in [7, 11) is 0. The summed E-state index contributed by atoms with van der Waals surface area (Å²) in [6, 6.07) is 1.10. The molecule has 3 rings (SSSR count). The molecule has 2 aliphatic rings. The summed E-state index contributed by atoms with van der Waals surface area (Å²) in [6.45, 7) is -0.308.